The van der Waals surface area contributed by atoms with Crippen LogP contribution in [0.2, 0.25) is 0 Å². The molecule has 0 aliphatic carbocycles. The Kier molecular flexibility index (Phi) is 7.02. The van der Waals surface area contributed by atoms with E-state index in [0.29, 0.717) is 18.8 Å². The van der Waals surface area contributed by atoms with E-state index in [2.05, 4.69) is 23.7 Å². The molecule has 1 aromatic carbocycles. The van der Waals surface area contributed by atoms with E-state index in [0.717, 1.165) is 36.0 Å². The van der Waals surface area contributed by atoms with Crippen LogP contribution in [0.1, 0.15) is 36.8 Å². The molecule has 0 saturated carbocycles. The molecule has 1 aliphatic heterocycles. The van der Waals surface area contributed by atoms with Crippen molar-refractivity contribution in [2.24, 2.45) is 0 Å². The number of rotatable bonds is 6. The van der Waals surface area contributed by atoms with Crippen LogP contribution < -0.4 is 9.64 Å². The third-order valence-electron chi connectivity index (χ3n) is 4.89. The molecule has 1 fully saturated rings. The second-order valence-electron chi connectivity index (χ2n) is 7.54. The first-order valence-electron chi connectivity index (χ1n) is 10.1. The van der Waals surface area contributed by atoms with Gasteiger partial charge < -0.3 is 14.5 Å². The molecule has 1 aliphatic rings. The third-order valence-corrected chi connectivity index (χ3v) is 4.89. The van der Waals surface area contributed by atoms with Gasteiger partial charge in [-0.2, -0.15) is 5.26 Å². The van der Waals surface area contributed by atoms with E-state index in [-0.39, 0.29) is 18.4 Å². The molecule has 30 heavy (non-hydrogen) atoms. The van der Waals surface area contributed by atoms with E-state index < -0.39 is 0 Å². The summed E-state index contributed by atoms with van der Waals surface area (Å²) in [6.07, 6.45) is 3.40. The Morgan fingerprint density at radius 1 is 1.20 bits per heavy atom. The van der Waals surface area contributed by atoms with Gasteiger partial charge in [-0.25, -0.2) is 9.97 Å². The number of benzene rings is 1. The Hall–Kier alpha value is -3.40. The van der Waals surface area contributed by atoms with Crippen LogP contribution in [0.25, 0.3) is 6.08 Å². The number of carbonyl (C=O) groups is 1. The summed E-state index contributed by atoms with van der Waals surface area (Å²) in [5.74, 6) is 2.71. The van der Waals surface area contributed by atoms with Crippen molar-refractivity contribution in [1.82, 2.24) is 14.9 Å². The summed E-state index contributed by atoms with van der Waals surface area (Å²) >= 11 is 0. The molecule has 3 rings (SSSR count). The van der Waals surface area contributed by atoms with E-state index in [1.165, 1.54) is 0 Å². The van der Waals surface area contributed by atoms with E-state index in [4.69, 9.17) is 15.0 Å². The summed E-state index contributed by atoms with van der Waals surface area (Å²) in [5, 5.41) is 8.54. The lowest BCUT2D eigenvalue weighted by atomic mass is 10.2. The molecule has 1 amide bonds. The fourth-order valence-electron chi connectivity index (χ4n) is 3.21. The summed E-state index contributed by atoms with van der Waals surface area (Å²) < 4.78 is 5.23. The van der Waals surface area contributed by atoms with Gasteiger partial charge in [0.1, 0.15) is 23.5 Å². The Morgan fingerprint density at radius 3 is 2.53 bits per heavy atom. The number of carbonyl (C=O) groups excluding carboxylic acids is 1. The lowest BCUT2D eigenvalue weighted by Gasteiger charge is -2.35. The molecular formula is C23H27N5O2. The van der Waals surface area contributed by atoms with E-state index in [9.17, 15) is 4.79 Å². The van der Waals surface area contributed by atoms with Crippen LogP contribution in [0.3, 0.4) is 0 Å². The van der Waals surface area contributed by atoms with Crippen LogP contribution in [0, 0.1) is 18.3 Å². The average Bonchev–Trinajstić information content (AvgIpc) is 2.76. The minimum Gasteiger partial charge on any atom is -0.479 e. The predicted molar refractivity (Wildman–Crippen MR) is 116 cm³/mol. The second-order valence-corrected chi connectivity index (χ2v) is 7.54. The van der Waals surface area contributed by atoms with Crippen LogP contribution in [0.4, 0.5) is 5.82 Å². The number of piperazine rings is 1. The maximum Gasteiger partial charge on any atom is 0.246 e. The van der Waals surface area contributed by atoms with Crippen LogP contribution in [-0.4, -0.2) is 53.6 Å². The number of nitrogens with zero attached hydrogens (tertiary/aromatic N) is 5. The van der Waals surface area contributed by atoms with Gasteiger partial charge in [0.25, 0.3) is 0 Å². The van der Waals surface area contributed by atoms with Gasteiger partial charge in [-0.1, -0.05) is 26.0 Å². The summed E-state index contributed by atoms with van der Waals surface area (Å²) in [7, 11) is 0. The fraction of sp³-hybridized carbons (Fsp3) is 0.391. The highest BCUT2D eigenvalue weighted by molar-refractivity contribution is 5.92. The van der Waals surface area contributed by atoms with Crippen molar-refractivity contribution in [3.05, 3.63) is 53.5 Å². The number of hydrogen-bond acceptors (Lipinski definition) is 6. The maximum absolute atomic E-state index is 12.6. The minimum absolute atomic E-state index is 0.00111. The van der Waals surface area contributed by atoms with Crippen LogP contribution in [0.15, 0.2) is 36.4 Å². The van der Waals surface area contributed by atoms with Gasteiger partial charge in [0.2, 0.25) is 5.91 Å². The number of aromatic nitrogens is 2. The lowest BCUT2D eigenvalue weighted by molar-refractivity contribution is -0.126. The minimum atomic E-state index is 0.00111. The molecule has 7 nitrogen and oxygen atoms in total. The zero-order chi connectivity index (χ0) is 21.5. The highest BCUT2D eigenvalue weighted by Gasteiger charge is 2.21. The quantitative estimate of drug-likeness (QED) is 0.687. The molecule has 0 atom stereocenters. The van der Waals surface area contributed by atoms with Gasteiger partial charge in [0.15, 0.2) is 6.61 Å². The number of hydrogen-bond donors (Lipinski definition) is 0. The average molecular weight is 406 g/mol. The first-order chi connectivity index (χ1) is 14.5. The topological polar surface area (TPSA) is 82.4 Å². The Morgan fingerprint density at radius 2 is 1.90 bits per heavy atom. The Labute approximate surface area is 177 Å². The zero-order valence-corrected chi connectivity index (χ0v) is 17.7. The van der Waals surface area contributed by atoms with Crippen molar-refractivity contribution in [3.63, 3.8) is 0 Å². The number of nitriles is 1. The van der Waals surface area contributed by atoms with Gasteiger partial charge in [-0.15, -0.1) is 0 Å². The molecule has 0 N–H and O–H groups in total. The molecule has 0 bridgehead atoms. The van der Waals surface area contributed by atoms with Crippen LogP contribution >= 0.6 is 0 Å². The van der Waals surface area contributed by atoms with Crippen molar-refractivity contribution in [2.75, 3.05) is 37.7 Å². The highest BCUT2D eigenvalue weighted by atomic mass is 16.5. The number of aryl methyl sites for hydroxylation is 1. The van der Waals surface area contributed by atoms with E-state index >= 15 is 0 Å². The molecule has 0 radical (unpaired) electrons. The van der Waals surface area contributed by atoms with Crippen molar-refractivity contribution in [1.29, 1.82) is 5.26 Å². The van der Waals surface area contributed by atoms with Crippen molar-refractivity contribution >= 4 is 17.8 Å². The summed E-state index contributed by atoms with van der Waals surface area (Å²) in [6.45, 7) is 9.00. The van der Waals surface area contributed by atoms with Crippen molar-refractivity contribution in [3.8, 4) is 11.8 Å². The zero-order valence-electron chi connectivity index (χ0n) is 17.7. The second kappa shape index (κ2) is 9.88. The Balaban J connectivity index is 1.55. The third kappa shape index (κ3) is 5.57. The molecular weight excluding hydrogens is 378 g/mol. The molecule has 156 valence electrons. The van der Waals surface area contributed by atoms with Gasteiger partial charge in [-0.05, 0) is 30.7 Å². The summed E-state index contributed by atoms with van der Waals surface area (Å²) in [5.41, 5.74) is 1.87. The summed E-state index contributed by atoms with van der Waals surface area (Å²) in [6, 6.07) is 11.2. The molecule has 2 aromatic rings. The number of ether oxygens (including phenoxy) is 1. The SMILES string of the molecule is Cc1cc(N2CCN(C(=O)/C=C/c3ccc(OCC#N)cc3)CC2)nc(C(C)C)n1. The predicted octanol–water partition coefficient (Wildman–Crippen LogP) is 3.17. The van der Waals surface area contributed by atoms with Gasteiger partial charge in [0.05, 0.1) is 0 Å². The van der Waals surface area contributed by atoms with Gasteiger partial charge in [-0.3, -0.25) is 4.79 Å². The molecule has 7 heteroatoms. The van der Waals surface area contributed by atoms with Gasteiger partial charge in [0, 0.05) is 49.9 Å². The monoisotopic (exact) mass is 405 g/mol. The van der Waals surface area contributed by atoms with Gasteiger partial charge >= 0.3 is 0 Å². The standard InChI is InChI=1S/C23H27N5O2/c1-17(2)23-25-18(3)16-21(26-23)27-11-13-28(14-12-27)22(29)9-6-19-4-7-20(8-5-19)30-15-10-24/h4-9,16-17H,11-15H2,1-3H3/b9-6+. The first-order valence-corrected chi connectivity index (χ1v) is 10.1. The van der Waals surface area contributed by atoms with Crippen molar-refractivity contribution in [2.45, 2.75) is 26.7 Å². The van der Waals surface area contributed by atoms with Crippen LogP contribution in [0.5, 0.6) is 5.75 Å². The van der Waals surface area contributed by atoms with E-state index in [1.54, 1.807) is 24.3 Å². The highest BCUT2D eigenvalue weighted by Crippen LogP contribution is 2.19. The first kappa shape index (κ1) is 21.3. The smallest absolute Gasteiger partial charge is 0.246 e. The Bertz CT molecular complexity index is 939. The normalized spacial score (nSPS) is 14.2. The maximum atomic E-state index is 12.6. The molecule has 1 aromatic heterocycles. The summed E-state index contributed by atoms with van der Waals surface area (Å²) in [4.78, 5) is 25.8. The number of amides is 1. The van der Waals surface area contributed by atoms with Crippen LogP contribution in [-0.2, 0) is 4.79 Å². The lowest BCUT2D eigenvalue weighted by Crippen LogP contribution is -2.48. The largest absolute Gasteiger partial charge is 0.479 e. The van der Waals surface area contributed by atoms with Crippen molar-refractivity contribution < 1.29 is 9.53 Å². The molecule has 0 spiro atoms. The molecule has 2 heterocycles. The van der Waals surface area contributed by atoms with E-state index in [1.807, 2.05) is 36.1 Å². The number of anilines is 1. The molecule has 1 saturated heterocycles. The fourth-order valence-corrected chi connectivity index (χ4v) is 3.21. The molecule has 0 unspecified atom stereocenters.